The van der Waals surface area contributed by atoms with Gasteiger partial charge in [-0.05, 0) is 38.6 Å². The Kier molecular flexibility index (Phi) is 4.60. The van der Waals surface area contributed by atoms with Crippen molar-refractivity contribution < 1.29 is 4.42 Å². The summed E-state index contributed by atoms with van der Waals surface area (Å²) in [6.45, 7) is 6.47. The molecular weight excluding hydrogens is 305 g/mol. The number of pyridine rings is 1. The first-order chi connectivity index (χ1) is 9.01. The van der Waals surface area contributed by atoms with Crippen LogP contribution in [0.3, 0.4) is 0 Å². The van der Waals surface area contributed by atoms with Gasteiger partial charge >= 0.3 is 0 Å². The average molecular weight is 318 g/mol. The highest BCUT2D eigenvalue weighted by molar-refractivity contribution is 7.99. The molecule has 4 nitrogen and oxygen atoms in total. The summed E-state index contributed by atoms with van der Waals surface area (Å²) in [5.41, 5.74) is 0.861. The SMILES string of the molecule is CCNc1nc(Sc2nc(C)c(C)o2)c(Cl)cc1Cl. The van der Waals surface area contributed by atoms with Crippen LogP contribution in [0.4, 0.5) is 5.82 Å². The molecule has 0 saturated carbocycles. The maximum atomic E-state index is 6.13. The summed E-state index contributed by atoms with van der Waals surface area (Å²) in [6, 6.07) is 1.67. The highest BCUT2D eigenvalue weighted by atomic mass is 35.5. The first-order valence-electron chi connectivity index (χ1n) is 5.73. The Bertz CT molecular complexity index is 581. The number of nitrogens with zero attached hydrogens (tertiary/aromatic N) is 2. The number of hydrogen-bond acceptors (Lipinski definition) is 5. The Balaban J connectivity index is 2.31. The van der Waals surface area contributed by atoms with E-state index in [1.165, 1.54) is 11.8 Å². The summed E-state index contributed by atoms with van der Waals surface area (Å²) in [4.78, 5) is 8.67. The number of hydrogen-bond donors (Lipinski definition) is 1. The van der Waals surface area contributed by atoms with E-state index in [2.05, 4.69) is 15.3 Å². The summed E-state index contributed by atoms with van der Waals surface area (Å²) in [5.74, 6) is 1.40. The second kappa shape index (κ2) is 6.03. The molecule has 2 heterocycles. The lowest BCUT2D eigenvalue weighted by Crippen LogP contribution is -2.00. The molecule has 2 aromatic heterocycles. The highest BCUT2D eigenvalue weighted by Gasteiger charge is 2.14. The summed E-state index contributed by atoms with van der Waals surface area (Å²) in [6.07, 6.45) is 0. The number of nitrogens with one attached hydrogen (secondary N) is 1. The van der Waals surface area contributed by atoms with Crippen molar-refractivity contribution in [3.05, 3.63) is 27.6 Å². The number of rotatable bonds is 4. The highest BCUT2D eigenvalue weighted by Crippen LogP contribution is 2.35. The summed E-state index contributed by atoms with van der Waals surface area (Å²) in [7, 11) is 0. The standard InChI is InChI=1S/C12H13Cl2N3OS/c1-4-15-10-8(13)5-9(14)11(17-10)19-12-16-6(2)7(3)18-12/h5H,4H2,1-3H3,(H,15,17). The van der Waals surface area contributed by atoms with Gasteiger partial charge in [0, 0.05) is 6.54 Å². The molecule has 19 heavy (non-hydrogen) atoms. The molecule has 0 atom stereocenters. The topological polar surface area (TPSA) is 51.0 Å². The molecule has 0 radical (unpaired) electrons. The van der Waals surface area contributed by atoms with E-state index < -0.39 is 0 Å². The molecule has 0 fully saturated rings. The molecule has 0 aliphatic heterocycles. The minimum atomic E-state index is 0.477. The van der Waals surface area contributed by atoms with E-state index in [9.17, 15) is 0 Å². The Morgan fingerprint density at radius 1 is 1.26 bits per heavy atom. The third kappa shape index (κ3) is 3.35. The van der Waals surface area contributed by atoms with Crippen molar-refractivity contribution >= 4 is 40.8 Å². The van der Waals surface area contributed by atoms with Crippen molar-refractivity contribution in [3.8, 4) is 0 Å². The van der Waals surface area contributed by atoms with Gasteiger partial charge in [-0.25, -0.2) is 9.97 Å². The minimum Gasteiger partial charge on any atom is -0.436 e. The van der Waals surface area contributed by atoms with Crippen molar-refractivity contribution in [2.45, 2.75) is 31.0 Å². The molecule has 7 heteroatoms. The van der Waals surface area contributed by atoms with Gasteiger partial charge in [0.05, 0.1) is 15.7 Å². The van der Waals surface area contributed by atoms with Crippen LogP contribution in [0.25, 0.3) is 0 Å². The first kappa shape index (κ1) is 14.5. The fraction of sp³-hybridized carbons (Fsp3) is 0.333. The van der Waals surface area contributed by atoms with Gasteiger partial charge in [-0.1, -0.05) is 23.2 Å². The molecule has 0 aliphatic carbocycles. The van der Waals surface area contributed by atoms with Crippen LogP contribution in [0.1, 0.15) is 18.4 Å². The van der Waals surface area contributed by atoms with E-state index in [-0.39, 0.29) is 0 Å². The van der Waals surface area contributed by atoms with Crippen LogP contribution in [-0.4, -0.2) is 16.5 Å². The van der Waals surface area contributed by atoms with Crippen LogP contribution in [0.2, 0.25) is 10.0 Å². The molecular formula is C12H13Cl2N3OS. The number of oxazole rings is 1. The van der Waals surface area contributed by atoms with Crippen LogP contribution in [0.5, 0.6) is 0 Å². The van der Waals surface area contributed by atoms with E-state index in [0.29, 0.717) is 26.1 Å². The van der Waals surface area contributed by atoms with E-state index >= 15 is 0 Å². The monoisotopic (exact) mass is 317 g/mol. The van der Waals surface area contributed by atoms with Gasteiger partial charge in [0.2, 0.25) is 0 Å². The van der Waals surface area contributed by atoms with Crippen LogP contribution in [0.15, 0.2) is 20.7 Å². The zero-order valence-corrected chi connectivity index (χ0v) is 13.1. The van der Waals surface area contributed by atoms with Crippen LogP contribution in [0, 0.1) is 13.8 Å². The predicted octanol–water partition coefficient (Wildman–Crippen LogP) is 4.58. The minimum absolute atomic E-state index is 0.477. The summed E-state index contributed by atoms with van der Waals surface area (Å²) >= 11 is 13.5. The normalized spacial score (nSPS) is 10.8. The first-order valence-corrected chi connectivity index (χ1v) is 7.30. The van der Waals surface area contributed by atoms with E-state index in [1.807, 2.05) is 20.8 Å². The van der Waals surface area contributed by atoms with Gasteiger partial charge in [0.25, 0.3) is 5.22 Å². The Morgan fingerprint density at radius 3 is 2.58 bits per heavy atom. The fourth-order valence-electron chi connectivity index (χ4n) is 1.38. The van der Waals surface area contributed by atoms with Crippen molar-refractivity contribution in [2.24, 2.45) is 0 Å². The van der Waals surface area contributed by atoms with Gasteiger partial charge in [-0.2, -0.15) is 0 Å². The van der Waals surface area contributed by atoms with Gasteiger partial charge in [0.1, 0.15) is 16.6 Å². The maximum absolute atomic E-state index is 6.13. The molecule has 0 bridgehead atoms. The van der Waals surface area contributed by atoms with Gasteiger partial charge in [-0.15, -0.1) is 0 Å². The molecule has 0 saturated heterocycles. The molecule has 2 aromatic rings. The molecule has 1 N–H and O–H groups in total. The molecule has 0 amide bonds. The van der Waals surface area contributed by atoms with E-state index in [0.717, 1.165) is 18.0 Å². The molecule has 0 aliphatic rings. The predicted molar refractivity (Wildman–Crippen MR) is 78.5 cm³/mol. The molecule has 102 valence electrons. The van der Waals surface area contributed by atoms with Crippen molar-refractivity contribution in [1.82, 2.24) is 9.97 Å². The second-order valence-corrected chi connectivity index (χ2v) is 5.61. The van der Waals surface area contributed by atoms with Crippen molar-refractivity contribution in [3.63, 3.8) is 0 Å². The number of anilines is 1. The number of aromatic nitrogens is 2. The van der Waals surface area contributed by atoms with Crippen LogP contribution in [-0.2, 0) is 0 Å². The second-order valence-electron chi connectivity index (χ2n) is 3.86. The Morgan fingerprint density at radius 2 is 2.00 bits per heavy atom. The fourth-order valence-corrected chi connectivity index (χ4v) is 2.73. The average Bonchev–Trinajstić information content (AvgIpc) is 2.65. The number of halogens is 2. The smallest absolute Gasteiger partial charge is 0.262 e. The summed E-state index contributed by atoms with van der Waals surface area (Å²) < 4.78 is 5.50. The lowest BCUT2D eigenvalue weighted by molar-refractivity contribution is 0.431. The maximum Gasteiger partial charge on any atom is 0.262 e. The molecule has 0 spiro atoms. The molecule has 0 unspecified atom stereocenters. The Labute approximate surface area is 125 Å². The van der Waals surface area contributed by atoms with Crippen molar-refractivity contribution in [2.75, 3.05) is 11.9 Å². The van der Waals surface area contributed by atoms with Gasteiger partial charge in [-0.3, -0.25) is 0 Å². The van der Waals surface area contributed by atoms with Crippen LogP contribution < -0.4 is 5.32 Å². The van der Waals surface area contributed by atoms with E-state index in [4.69, 9.17) is 27.6 Å². The van der Waals surface area contributed by atoms with E-state index in [1.54, 1.807) is 6.07 Å². The zero-order chi connectivity index (χ0) is 14.0. The summed E-state index contributed by atoms with van der Waals surface area (Å²) in [5, 5.41) is 5.19. The van der Waals surface area contributed by atoms with Gasteiger partial charge < -0.3 is 9.73 Å². The lowest BCUT2D eigenvalue weighted by atomic mass is 10.4. The zero-order valence-electron chi connectivity index (χ0n) is 10.8. The lowest BCUT2D eigenvalue weighted by Gasteiger charge is -2.08. The quantitative estimate of drug-likeness (QED) is 0.894. The molecule has 2 rings (SSSR count). The largest absolute Gasteiger partial charge is 0.436 e. The third-order valence-electron chi connectivity index (χ3n) is 2.43. The van der Waals surface area contributed by atoms with Gasteiger partial charge in [0.15, 0.2) is 0 Å². The Hall–Kier alpha value is -0.910. The number of aryl methyl sites for hydroxylation is 2. The third-order valence-corrected chi connectivity index (χ3v) is 3.98. The molecule has 0 aromatic carbocycles. The van der Waals surface area contributed by atoms with Crippen molar-refractivity contribution in [1.29, 1.82) is 0 Å². The van der Waals surface area contributed by atoms with Crippen LogP contribution >= 0.6 is 35.0 Å².